The van der Waals surface area contributed by atoms with E-state index in [-0.39, 0.29) is 41.2 Å². The molecule has 0 saturated heterocycles. The summed E-state index contributed by atoms with van der Waals surface area (Å²) in [7, 11) is -1.22. The van der Waals surface area contributed by atoms with E-state index in [1.165, 1.54) is 29.1 Å². The number of anilines is 2. The largest absolute Gasteiger partial charge is 0.484 e. The van der Waals surface area contributed by atoms with Crippen molar-refractivity contribution in [3.8, 4) is 11.6 Å². The van der Waals surface area contributed by atoms with Crippen LogP contribution in [0.4, 0.5) is 16.2 Å². The van der Waals surface area contributed by atoms with E-state index in [1.54, 1.807) is 46.9 Å². The number of nitrogens with zero attached hydrogens (tertiary/aromatic N) is 3. The number of amides is 2. The van der Waals surface area contributed by atoms with Crippen molar-refractivity contribution in [3.63, 3.8) is 0 Å². The average molecular weight is 510 g/mol. The molecule has 13 heteroatoms. The summed E-state index contributed by atoms with van der Waals surface area (Å²) in [6.07, 6.45) is -1.34. The van der Waals surface area contributed by atoms with Gasteiger partial charge in [-0.1, -0.05) is 0 Å². The Bertz CT molecular complexity index is 1230. The molecule has 1 atom stereocenters. The zero-order valence-electron chi connectivity index (χ0n) is 20.8. The van der Waals surface area contributed by atoms with Crippen molar-refractivity contribution in [2.75, 3.05) is 29.8 Å². The van der Waals surface area contributed by atoms with Gasteiger partial charge >= 0.3 is 6.09 Å². The molecule has 0 fully saturated rings. The second kappa shape index (κ2) is 9.64. The van der Waals surface area contributed by atoms with E-state index in [0.717, 1.165) is 0 Å². The number of fused-ring (bicyclic) bond motifs is 1. The number of aromatic nitrogens is 2. The first-order chi connectivity index (χ1) is 16.2. The molecule has 2 N–H and O–H groups in total. The summed E-state index contributed by atoms with van der Waals surface area (Å²) >= 11 is 0. The summed E-state index contributed by atoms with van der Waals surface area (Å²) in [6.45, 7) is 8.20. The van der Waals surface area contributed by atoms with Crippen LogP contribution in [-0.4, -0.2) is 62.1 Å². The lowest BCUT2D eigenvalue weighted by molar-refractivity contribution is -0.119. The summed E-state index contributed by atoms with van der Waals surface area (Å²) in [5, 5.41) is 9.41. The minimum absolute atomic E-state index is 0.0421. The normalized spacial score (nSPS) is 15.6. The molecule has 3 rings (SSSR count). The van der Waals surface area contributed by atoms with Gasteiger partial charge in [0.25, 0.3) is 15.9 Å². The number of carbonyl (C=O) groups excluding carboxylic acids is 2. The lowest BCUT2D eigenvalue weighted by Crippen LogP contribution is -2.48. The van der Waals surface area contributed by atoms with Gasteiger partial charge in [0.05, 0.1) is 31.6 Å². The minimum atomic E-state index is -4.19. The van der Waals surface area contributed by atoms with E-state index in [1.807, 2.05) is 0 Å². The fourth-order valence-corrected chi connectivity index (χ4v) is 5.34. The lowest BCUT2D eigenvalue weighted by atomic mass is 10.2. The van der Waals surface area contributed by atoms with Crippen LogP contribution >= 0.6 is 0 Å². The Morgan fingerprint density at radius 3 is 2.57 bits per heavy atom. The molecule has 1 aromatic carbocycles. The summed E-state index contributed by atoms with van der Waals surface area (Å²) < 4.78 is 46.9. The molecule has 0 aliphatic carbocycles. The quantitative estimate of drug-likeness (QED) is 0.604. The van der Waals surface area contributed by atoms with Crippen LogP contribution in [0.25, 0.3) is 0 Å². The van der Waals surface area contributed by atoms with Crippen LogP contribution in [0.2, 0.25) is 0 Å². The van der Waals surface area contributed by atoms with Gasteiger partial charge in [-0.3, -0.25) is 19.1 Å². The second-order valence-corrected chi connectivity index (χ2v) is 10.9. The number of nitrogens with one attached hydrogen (secondary N) is 2. The molecule has 0 radical (unpaired) electrons. The molecule has 0 saturated carbocycles. The first kappa shape index (κ1) is 26.1. The van der Waals surface area contributed by atoms with Gasteiger partial charge in [0.2, 0.25) is 5.91 Å². The van der Waals surface area contributed by atoms with Crippen molar-refractivity contribution in [2.45, 2.75) is 51.2 Å². The van der Waals surface area contributed by atoms with Crippen LogP contribution in [0.1, 0.15) is 33.4 Å². The topological polar surface area (TPSA) is 141 Å². The van der Waals surface area contributed by atoms with E-state index in [0.29, 0.717) is 11.4 Å². The molecule has 1 aliphatic rings. The molecule has 192 valence electrons. The highest BCUT2D eigenvalue weighted by Crippen LogP contribution is 2.41. The standard InChI is InChI=1S/C22H31N5O7S/c1-13-19(20(32-7)25-26(13)6)35(30,31)27-12-16(11-23-14(2)28)33-18-9-8-15(10-17(18)27)24-21(29)34-22(3,4)5/h8-10,16H,11-12H2,1-7H3,(H,23,28)(H,24,29)/t16-/m0/s1. The maximum Gasteiger partial charge on any atom is 0.412 e. The van der Waals surface area contributed by atoms with E-state index < -0.39 is 27.8 Å². The van der Waals surface area contributed by atoms with Crippen molar-refractivity contribution in [1.82, 2.24) is 15.1 Å². The highest BCUT2D eigenvalue weighted by Gasteiger charge is 2.39. The van der Waals surface area contributed by atoms with Crippen LogP contribution in [0.5, 0.6) is 11.6 Å². The van der Waals surface area contributed by atoms with Crippen molar-refractivity contribution >= 4 is 33.4 Å². The third-order valence-corrected chi connectivity index (χ3v) is 7.02. The highest BCUT2D eigenvalue weighted by atomic mass is 32.2. The molecule has 2 heterocycles. The molecule has 0 unspecified atom stereocenters. The van der Waals surface area contributed by atoms with Gasteiger partial charge in [0, 0.05) is 19.7 Å². The van der Waals surface area contributed by atoms with Crippen molar-refractivity contribution in [3.05, 3.63) is 23.9 Å². The van der Waals surface area contributed by atoms with Gasteiger partial charge in [-0.15, -0.1) is 5.10 Å². The predicted molar refractivity (Wildman–Crippen MR) is 128 cm³/mol. The van der Waals surface area contributed by atoms with Crippen molar-refractivity contribution in [1.29, 1.82) is 0 Å². The maximum atomic E-state index is 13.9. The fourth-order valence-electron chi connectivity index (χ4n) is 3.50. The number of carbonyl (C=O) groups is 2. The first-order valence-corrected chi connectivity index (χ1v) is 12.3. The number of methoxy groups -OCH3 is 1. The third kappa shape index (κ3) is 5.78. The first-order valence-electron chi connectivity index (χ1n) is 10.9. The molecule has 0 bridgehead atoms. The van der Waals surface area contributed by atoms with Crippen molar-refractivity contribution < 1.29 is 32.2 Å². The average Bonchev–Trinajstić information content (AvgIpc) is 3.04. The van der Waals surface area contributed by atoms with E-state index in [2.05, 4.69) is 15.7 Å². The number of rotatable bonds is 6. The van der Waals surface area contributed by atoms with Crippen LogP contribution in [-0.2, 0) is 26.6 Å². The molecular formula is C22H31N5O7S. The van der Waals surface area contributed by atoms with Gasteiger partial charge in [-0.2, -0.15) is 0 Å². The highest BCUT2D eigenvalue weighted by molar-refractivity contribution is 7.93. The summed E-state index contributed by atoms with van der Waals surface area (Å²) in [6, 6.07) is 4.62. The molecule has 2 aromatic rings. The number of aryl methyl sites for hydroxylation is 1. The van der Waals surface area contributed by atoms with E-state index in [9.17, 15) is 18.0 Å². The number of ether oxygens (including phenoxy) is 3. The Balaban J connectivity index is 2.06. The maximum absolute atomic E-state index is 13.9. The van der Waals surface area contributed by atoms with Crippen LogP contribution in [0.3, 0.4) is 0 Å². The van der Waals surface area contributed by atoms with Gasteiger partial charge in [0.1, 0.15) is 17.5 Å². The van der Waals surface area contributed by atoms with Crippen LogP contribution in [0, 0.1) is 6.92 Å². The fraction of sp³-hybridized carbons (Fsp3) is 0.500. The zero-order valence-corrected chi connectivity index (χ0v) is 21.6. The summed E-state index contributed by atoms with van der Waals surface area (Å²) in [5.74, 6) is -0.0413. The Morgan fingerprint density at radius 1 is 1.29 bits per heavy atom. The van der Waals surface area contributed by atoms with Crippen LogP contribution < -0.4 is 24.4 Å². The Kier molecular flexibility index (Phi) is 7.20. The molecule has 12 nitrogen and oxygen atoms in total. The Morgan fingerprint density at radius 2 is 1.97 bits per heavy atom. The zero-order chi connectivity index (χ0) is 26.1. The van der Waals surface area contributed by atoms with Gasteiger partial charge in [0.15, 0.2) is 4.90 Å². The second-order valence-electron chi connectivity index (χ2n) is 9.07. The molecular weight excluding hydrogens is 478 g/mol. The number of sulfonamides is 1. The van der Waals surface area contributed by atoms with Gasteiger partial charge < -0.3 is 19.5 Å². The SMILES string of the molecule is COc1nn(C)c(C)c1S(=O)(=O)N1C[C@H](CNC(C)=O)Oc2ccc(NC(=O)OC(C)(C)C)cc21. The smallest absolute Gasteiger partial charge is 0.412 e. The summed E-state index contributed by atoms with van der Waals surface area (Å²) in [5.41, 5.74) is 0.207. The Labute approximate surface area is 204 Å². The van der Waals surface area contributed by atoms with E-state index >= 15 is 0 Å². The molecule has 0 spiro atoms. The van der Waals surface area contributed by atoms with Gasteiger partial charge in [-0.05, 0) is 45.9 Å². The van der Waals surface area contributed by atoms with Gasteiger partial charge in [-0.25, -0.2) is 13.2 Å². The summed E-state index contributed by atoms with van der Waals surface area (Å²) in [4.78, 5) is 23.6. The molecule has 1 aromatic heterocycles. The molecule has 35 heavy (non-hydrogen) atoms. The lowest BCUT2D eigenvalue weighted by Gasteiger charge is -2.35. The number of hydrogen-bond donors (Lipinski definition) is 2. The third-order valence-electron chi connectivity index (χ3n) is 5.11. The molecule has 2 amide bonds. The van der Waals surface area contributed by atoms with Crippen molar-refractivity contribution in [2.24, 2.45) is 7.05 Å². The number of benzene rings is 1. The monoisotopic (exact) mass is 509 g/mol. The Hall–Kier alpha value is -3.48. The van der Waals surface area contributed by atoms with E-state index in [4.69, 9.17) is 14.2 Å². The minimum Gasteiger partial charge on any atom is -0.484 e. The van der Waals surface area contributed by atoms with Crippen LogP contribution in [0.15, 0.2) is 23.1 Å². The number of hydrogen-bond acceptors (Lipinski definition) is 8. The molecule has 1 aliphatic heterocycles. The predicted octanol–water partition coefficient (Wildman–Crippen LogP) is 2.18.